The monoisotopic (exact) mass is 501 g/mol. The van der Waals surface area contributed by atoms with Crippen LogP contribution in [0.25, 0.3) is 22.6 Å². The minimum absolute atomic E-state index is 0.0709. The highest BCUT2D eigenvalue weighted by atomic mass is 32.1. The predicted octanol–water partition coefficient (Wildman–Crippen LogP) is 7.31. The van der Waals surface area contributed by atoms with Crippen LogP contribution in [0.2, 0.25) is 0 Å². The Morgan fingerprint density at radius 1 is 1.03 bits per heavy atom. The van der Waals surface area contributed by atoms with Gasteiger partial charge in [-0.1, -0.05) is 39.0 Å². The summed E-state index contributed by atoms with van der Waals surface area (Å²) in [6.07, 6.45) is 2.02. The van der Waals surface area contributed by atoms with Crippen molar-refractivity contribution in [1.29, 1.82) is 0 Å². The number of fused-ring (bicyclic) bond motifs is 1. The Labute approximate surface area is 217 Å². The molecule has 2 atom stereocenters. The molecular weight excluding hydrogens is 470 g/mol. The van der Waals surface area contributed by atoms with Gasteiger partial charge in [0, 0.05) is 16.8 Å². The third-order valence-electron chi connectivity index (χ3n) is 6.20. The quantitative estimate of drug-likeness (QED) is 0.247. The molecule has 7 heteroatoms. The van der Waals surface area contributed by atoms with Gasteiger partial charge in [-0.2, -0.15) is 0 Å². The number of nitrogens with one attached hydrogen (secondary N) is 2. The Balaban J connectivity index is 1.44. The molecule has 186 valence electrons. The lowest BCUT2D eigenvalue weighted by Gasteiger charge is -2.14. The van der Waals surface area contributed by atoms with Crippen molar-refractivity contribution in [2.24, 2.45) is 0 Å². The molecule has 6 nitrogen and oxygen atoms in total. The molecule has 0 bridgehead atoms. The van der Waals surface area contributed by atoms with Gasteiger partial charge in [0.25, 0.3) is 5.91 Å². The summed E-state index contributed by atoms with van der Waals surface area (Å²) in [5.41, 5.74) is 4.83. The number of hydrogen-bond donors (Lipinski definition) is 2. The van der Waals surface area contributed by atoms with E-state index < -0.39 is 0 Å². The summed E-state index contributed by atoms with van der Waals surface area (Å²) < 4.78 is 11.8. The Morgan fingerprint density at radius 2 is 1.83 bits per heavy atom. The van der Waals surface area contributed by atoms with Gasteiger partial charge in [-0.15, -0.1) is 0 Å². The van der Waals surface area contributed by atoms with Crippen LogP contribution < -0.4 is 15.4 Å². The van der Waals surface area contributed by atoms with E-state index >= 15 is 0 Å². The van der Waals surface area contributed by atoms with Gasteiger partial charge >= 0.3 is 0 Å². The van der Waals surface area contributed by atoms with E-state index in [0.29, 0.717) is 28.8 Å². The number of hydrogen-bond acceptors (Lipinski definition) is 5. The second-order valence-corrected chi connectivity index (χ2v) is 9.32. The number of amides is 1. The highest BCUT2D eigenvalue weighted by molar-refractivity contribution is 7.80. The Kier molecular flexibility index (Phi) is 8.00. The average molecular weight is 502 g/mol. The first kappa shape index (κ1) is 25.4. The summed E-state index contributed by atoms with van der Waals surface area (Å²) in [6, 6.07) is 20.8. The van der Waals surface area contributed by atoms with Crippen molar-refractivity contribution in [3.63, 3.8) is 0 Å². The van der Waals surface area contributed by atoms with Crippen LogP contribution in [0.1, 0.15) is 62.4 Å². The molecule has 0 saturated carbocycles. The second kappa shape index (κ2) is 11.4. The van der Waals surface area contributed by atoms with E-state index in [2.05, 4.69) is 36.6 Å². The van der Waals surface area contributed by atoms with Crippen molar-refractivity contribution in [3.05, 3.63) is 77.9 Å². The SMILES string of the molecule is CC[C@@H](C)c1ccc2oc(-c3cccc(NC(=S)NC(=O)c4cccc(O[C@@H](C)CC)c4)c3)nc2c1. The maximum Gasteiger partial charge on any atom is 0.257 e. The van der Waals surface area contributed by atoms with E-state index in [1.165, 1.54) is 5.56 Å². The molecule has 1 aromatic heterocycles. The molecule has 0 aliphatic rings. The Hall–Kier alpha value is -3.71. The number of carbonyl (C=O) groups is 1. The zero-order chi connectivity index (χ0) is 25.7. The zero-order valence-electron chi connectivity index (χ0n) is 21.0. The smallest absolute Gasteiger partial charge is 0.257 e. The molecule has 0 radical (unpaired) electrons. The van der Waals surface area contributed by atoms with Crippen LogP contribution in [0, 0.1) is 0 Å². The first-order chi connectivity index (χ1) is 17.4. The van der Waals surface area contributed by atoms with Gasteiger partial charge in [0.05, 0.1) is 6.10 Å². The fourth-order valence-corrected chi connectivity index (χ4v) is 3.91. The molecule has 0 fully saturated rings. The highest BCUT2D eigenvalue weighted by Crippen LogP contribution is 2.29. The molecular formula is C29H31N3O3S. The number of anilines is 1. The molecule has 0 aliphatic heterocycles. The van der Waals surface area contributed by atoms with Crippen molar-refractivity contribution < 1.29 is 13.9 Å². The van der Waals surface area contributed by atoms with Crippen LogP contribution in [0.3, 0.4) is 0 Å². The lowest BCUT2D eigenvalue weighted by Crippen LogP contribution is -2.34. The topological polar surface area (TPSA) is 76.4 Å². The number of thiocarbonyl (C=S) groups is 1. The van der Waals surface area contributed by atoms with Crippen LogP contribution in [-0.2, 0) is 0 Å². The van der Waals surface area contributed by atoms with Crippen LogP contribution >= 0.6 is 12.2 Å². The molecule has 0 unspecified atom stereocenters. The molecule has 1 heterocycles. The van der Waals surface area contributed by atoms with Crippen LogP contribution in [0.5, 0.6) is 5.75 Å². The maximum absolute atomic E-state index is 12.7. The first-order valence-electron chi connectivity index (χ1n) is 12.3. The summed E-state index contributed by atoms with van der Waals surface area (Å²) >= 11 is 5.38. The van der Waals surface area contributed by atoms with Gasteiger partial charge in [-0.05, 0) is 92.0 Å². The van der Waals surface area contributed by atoms with E-state index in [9.17, 15) is 4.79 Å². The maximum atomic E-state index is 12.7. The van der Waals surface area contributed by atoms with Gasteiger partial charge < -0.3 is 14.5 Å². The van der Waals surface area contributed by atoms with Crippen molar-refractivity contribution in [1.82, 2.24) is 10.3 Å². The van der Waals surface area contributed by atoms with E-state index in [0.717, 1.165) is 29.5 Å². The molecule has 2 N–H and O–H groups in total. The van der Waals surface area contributed by atoms with Crippen molar-refractivity contribution in [2.75, 3.05) is 5.32 Å². The summed E-state index contributed by atoms with van der Waals surface area (Å²) in [4.78, 5) is 17.4. The third-order valence-corrected chi connectivity index (χ3v) is 6.40. The summed E-state index contributed by atoms with van der Waals surface area (Å²) in [5, 5.41) is 6.00. The molecule has 4 aromatic rings. The molecule has 0 saturated heterocycles. The van der Waals surface area contributed by atoms with Crippen molar-refractivity contribution in [2.45, 2.75) is 52.6 Å². The van der Waals surface area contributed by atoms with Gasteiger partial charge in [-0.3, -0.25) is 10.1 Å². The second-order valence-electron chi connectivity index (χ2n) is 8.91. The average Bonchev–Trinajstić information content (AvgIpc) is 3.32. The molecule has 0 aliphatic carbocycles. The predicted molar refractivity (Wildman–Crippen MR) is 149 cm³/mol. The first-order valence-corrected chi connectivity index (χ1v) is 12.7. The Morgan fingerprint density at radius 3 is 2.61 bits per heavy atom. The number of oxazole rings is 1. The van der Waals surface area contributed by atoms with Crippen LogP contribution in [0.4, 0.5) is 5.69 Å². The fourth-order valence-electron chi connectivity index (χ4n) is 3.70. The normalized spacial score (nSPS) is 12.7. The van der Waals surface area contributed by atoms with E-state index in [4.69, 9.17) is 26.4 Å². The molecule has 0 spiro atoms. The lowest BCUT2D eigenvalue weighted by molar-refractivity contribution is 0.0977. The van der Waals surface area contributed by atoms with Gasteiger partial charge in [0.2, 0.25) is 5.89 Å². The number of nitrogens with zero attached hydrogens (tertiary/aromatic N) is 1. The van der Waals surface area contributed by atoms with Crippen molar-refractivity contribution >= 4 is 40.0 Å². The van der Waals surface area contributed by atoms with Crippen LogP contribution in [0.15, 0.2) is 71.1 Å². The molecule has 1 amide bonds. The minimum atomic E-state index is -0.311. The zero-order valence-corrected chi connectivity index (χ0v) is 21.8. The largest absolute Gasteiger partial charge is 0.491 e. The summed E-state index contributed by atoms with van der Waals surface area (Å²) in [7, 11) is 0. The Bertz CT molecular complexity index is 1380. The molecule has 4 rings (SSSR count). The molecule has 3 aromatic carbocycles. The summed E-state index contributed by atoms with van der Waals surface area (Å²) in [6.45, 7) is 8.42. The van der Waals surface area contributed by atoms with E-state index in [1.54, 1.807) is 18.2 Å². The third kappa shape index (κ3) is 6.10. The number of rotatable bonds is 8. The number of carbonyl (C=O) groups excluding carboxylic acids is 1. The van der Waals surface area contributed by atoms with Gasteiger partial charge in [0.15, 0.2) is 10.7 Å². The van der Waals surface area contributed by atoms with E-state index in [-0.39, 0.29) is 17.1 Å². The number of benzene rings is 3. The van der Waals surface area contributed by atoms with Crippen LogP contribution in [-0.4, -0.2) is 22.1 Å². The van der Waals surface area contributed by atoms with E-state index in [1.807, 2.05) is 50.2 Å². The van der Waals surface area contributed by atoms with Crippen molar-refractivity contribution in [3.8, 4) is 17.2 Å². The summed E-state index contributed by atoms with van der Waals surface area (Å²) in [5.74, 6) is 1.34. The standard InChI is InChI=1S/C29H31N3O3S/c1-5-18(3)20-13-14-26-25(17-20)31-28(35-26)22-10-7-11-23(15-22)30-29(36)32-27(33)21-9-8-12-24(16-21)34-19(4)6-2/h7-19H,5-6H2,1-4H3,(H2,30,32,33,36)/t18-,19+/m1/s1. The fraction of sp³-hybridized carbons (Fsp3) is 0.276. The number of aromatic nitrogens is 1. The van der Waals surface area contributed by atoms with Gasteiger partial charge in [-0.25, -0.2) is 4.98 Å². The molecule has 36 heavy (non-hydrogen) atoms. The van der Waals surface area contributed by atoms with Gasteiger partial charge in [0.1, 0.15) is 11.3 Å². The number of ether oxygens (including phenoxy) is 1. The minimum Gasteiger partial charge on any atom is -0.491 e. The highest BCUT2D eigenvalue weighted by Gasteiger charge is 2.13. The lowest BCUT2D eigenvalue weighted by atomic mass is 9.98.